The van der Waals surface area contributed by atoms with Crippen LogP contribution in [0.2, 0.25) is 5.02 Å². The fourth-order valence-corrected chi connectivity index (χ4v) is 2.52. The summed E-state index contributed by atoms with van der Waals surface area (Å²) in [6.07, 6.45) is 3.14. The molecule has 0 radical (unpaired) electrons. The van der Waals surface area contributed by atoms with Gasteiger partial charge in [-0.2, -0.15) is 0 Å². The number of benzene rings is 3. The maximum Gasteiger partial charge on any atom is 0.255 e. The van der Waals surface area contributed by atoms with Crippen LogP contribution in [-0.4, -0.2) is 11.8 Å². The molecule has 0 atom stereocenters. The molecule has 2 amide bonds. The molecule has 3 rings (SSSR count). The van der Waals surface area contributed by atoms with E-state index in [0.29, 0.717) is 22.0 Å². The molecule has 0 heterocycles. The molecule has 0 bridgehead atoms. The SMILES string of the molecule is O=C(/C=C/c1ccc(Cl)cc1)Nc1cccc(NC(=O)c2ccccc2)c1. The molecule has 3 aromatic rings. The lowest BCUT2D eigenvalue weighted by atomic mass is 10.2. The van der Waals surface area contributed by atoms with Gasteiger partial charge in [0.25, 0.3) is 5.91 Å². The lowest BCUT2D eigenvalue weighted by molar-refractivity contribution is -0.111. The van der Waals surface area contributed by atoms with Gasteiger partial charge in [-0.15, -0.1) is 0 Å². The lowest BCUT2D eigenvalue weighted by Crippen LogP contribution is -2.12. The highest BCUT2D eigenvalue weighted by atomic mass is 35.5. The van der Waals surface area contributed by atoms with E-state index in [0.717, 1.165) is 5.56 Å². The Bertz CT molecular complexity index is 967. The molecule has 0 aliphatic carbocycles. The van der Waals surface area contributed by atoms with Gasteiger partial charge in [0, 0.05) is 28.0 Å². The predicted molar refractivity (Wildman–Crippen MR) is 110 cm³/mol. The molecule has 5 heteroatoms. The van der Waals surface area contributed by atoms with E-state index in [2.05, 4.69) is 10.6 Å². The van der Waals surface area contributed by atoms with E-state index >= 15 is 0 Å². The maximum absolute atomic E-state index is 12.2. The van der Waals surface area contributed by atoms with Gasteiger partial charge >= 0.3 is 0 Å². The first-order valence-corrected chi connectivity index (χ1v) is 8.69. The number of rotatable bonds is 5. The zero-order chi connectivity index (χ0) is 19.1. The first kappa shape index (κ1) is 18.4. The van der Waals surface area contributed by atoms with E-state index in [4.69, 9.17) is 11.6 Å². The summed E-state index contributed by atoms with van der Waals surface area (Å²) in [5.41, 5.74) is 2.63. The monoisotopic (exact) mass is 376 g/mol. The van der Waals surface area contributed by atoms with Crippen LogP contribution in [0, 0.1) is 0 Å². The maximum atomic E-state index is 12.2. The minimum absolute atomic E-state index is 0.207. The van der Waals surface area contributed by atoms with Crippen LogP contribution in [0.15, 0.2) is 84.9 Å². The molecule has 0 unspecified atom stereocenters. The van der Waals surface area contributed by atoms with E-state index in [-0.39, 0.29) is 11.8 Å². The summed E-state index contributed by atoms with van der Waals surface area (Å²) >= 11 is 5.84. The van der Waals surface area contributed by atoms with Crippen molar-refractivity contribution in [1.82, 2.24) is 0 Å². The zero-order valence-corrected chi connectivity index (χ0v) is 15.1. The molecule has 27 heavy (non-hydrogen) atoms. The van der Waals surface area contributed by atoms with Gasteiger partial charge in [-0.25, -0.2) is 0 Å². The summed E-state index contributed by atoms with van der Waals surface area (Å²) in [6.45, 7) is 0. The second kappa shape index (κ2) is 8.83. The number of carbonyl (C=O) groups is 2. The molecule has 134 valence electrons. The van der Waals surface area contributed by atoms with Crippen LogP contribution < -0.4 is 10.6 Å². The number of amides is 2. The van der Waals surface area contributed by atoms with E-state index in [1.165, 1.54) is 6.08 Å². The minimum Gasteiger partial charge on any atom is -0.322 e. The number of halogens is 1. The second-order valence-corrected chi connectivity index (χ2v) is 6.21. The number of carbonyl (C=O) groups excluding carboxylic acids is 2. The van der Waals surface area contributed by atoms with Crippen LogP contribution in [-0.2, 0) is 4.79 Å². The Labute approximate surface area is 162 Å². The normalized spacial score (nSPS) is 10.6. The summed E-state index contributed by atoms with van der Waals surface area (Å²) in [4.78, 5) is 24.3. The molecular weight excluding hydrogens is 360 g/mol. The summed E-state index contributed by atoms with van der Waals surface area (Å²) in [5.74, 6) is -0.474. The van der Waals surface area contributed by atoms with Crippen LogP contribution >= 0.6 is 11.6 Å². The summed E-state index contributed by atoms with van der Waals surface area (Å²) in [7, 11) is 0. The second-order valence-electron chi connectivity index (χ2n) is 5.78. The Morgan fingerprint density at radius 2 is 1.44 bits per heavy atom. The molecule has 0 aliphatic rings. The fraction of sp³-hybridized carbons (Fsp3) is 0. The summed E-state index contributed by atoms with van der Waals surface area (Å²) < 4.78 is 0. The third kappa shape index (κ3) is 5.56. The first-order valence-electron chi connectivity index (χ1n) is 8.31. The molecule has 0 saturated carbocycles. The van der Waals surface area contributed by atoms with Gasteiger partial charge in [0.05, 0.1) is 0 Å². The van der Waals surface area contributed by atoms with Crippen LogP contribution in [0.3, 0.4) is 0 Å². The largest absolute Gasteiger partial charge is 0.322 e. The van der Waals surface area contributed by atoms with Crippen molar-refractivity contribution in [3.8, 4) is 0 Å². The molecule has 0 aromatic heterocycles. The van der Waals surface area contributed by atoms with Gasteiger partial charge in [-0.05, 0) is 54.1 Å². The molecule has 0 spiro atoms. The molecule has 4 nitrogen and oxygen atoms in total. The standard InChI is InChI=1S/C22H17ClN2O2/c23-18-12-9-16(10-13-18)11-14-21(26)24-19-7-4-8-20(15-19)25-22(27)17-5-2-1-3-6-17/h1-15H,(H,24,26)(H,25,27)/b14-11+. The number of hydrogen-bond donors (Lipinski definition) is 2. The highest BCUT2D eigenvalue weighted by molar-refractivity contribution is 6.30. The van der Waals surface area contributed by atoms with Crippen LogP contribution in [0.5, 0.6) is 0 Å². The third-order valence-electron chi connectivity index (χ3n) is 3.72. The topological polar surface area (TPSA) is 58.2 Å². The summed E-state index contributed by atoms with van der Waals surface area (Å²) in [5, 5.41) is 6.23. The van der Waals surface area contributed by atoms with Crippen molar-refractivity contribution in [2.24, 2.45) is 0 Å². The number of anilines is 2. The molecule has 0 saturated heterocycles. The molecule has 3 aromatic carbocycles. The first-order chi connectivity index (χ1) is 13.1. The Kier molecular flexibility index (Phi) is 6.02. The average Bonchev–Trinajstić information content (AvgIpc) is 2.68. The predicted octanol–water partition coefficient (Wildman–Crippen LogP) is 5.24. The van der Waals surface area contributed by atoms with Gasteiger partial charge in [0.2, 0.25) is 5.91 Å². The highest BCUT2D eigenvalue weighted by Crippen LogP contribution is 2.16. The molecule has 0 fully saturated rings. The zero-order valence-electron chi connectivity index (χ0n) is 14.4. The van der Waals surface area contributed by atoms with Crippen molar-refractivity contribution in [2.45, 2.75) is 0 Å². The molecule has 2 N–H and O–H groups in total. The van der Waals surface area contributed by atoms with Gasteiger partial charge in [-0.3, -0.25) is 9.59 Å². The van der Waals surface area contributed by atoms with Crippen molar-refractivity contribution in [1.29, 1.82) is 0 Å². The van der Waals surface area contributed by atoms with Crippen LogP contribution in [0.4, 0.5) is 11.4 Å². The van der Waals surface area contributed by atoms with Crippen molar-refractivity contribution < 1.29 is 9.59 Å². The highest BCUT2D eigenvalue weighted by Gasteiger charge is 2.06. The van der Waals surface area contributed by atoms with Gasteiger partial charge in [0.15, 0.2) is 0 Å². The third-order valence-corrected chi connectivity index (χ3v) is 3.97. The molecule has 0 aliphatic heterocycles. The smallest absolute Gasteiger partial charge is 0.255 e. The van der Waals surface area contributed by atoms with Crippen molar-refractivity contribution in [2.75, 3.05) is 10.6 Å². The van der Waals surface area contributed by atoms with Gasteiger partial charge in [0.1, 0.15) is 0 Å². The van der Waals surface area contributed by atoms with E-state index < -0.39 is 0 Å². The van der Waals surface area contributed by atoms with E-state index in [1.807, 2.05) is 18.2 Å². The Hall–Kier alpha value is -3.37. The lowest BCUT2D eigenvalue weighted by Gasteiger charge is -2.08. The van der Waals surface area contributed by atoms with Gasteiger partial charge in [-0.1, -0.05) is 48.0 Å². The number of hydrogen-bond acceptors (Lipinski definition) is 2. The van der Waals surface area contributed by atoms with Crippen molar-refractivity contribution in [3.63, 3.8) is 0 Å². The van der Waals surface area contributed by atoms with Crippen molar-refractivity contribution >= 4 is 40.9 Å². The Morgan fingerprint density at radius 1 is 0.778 bits per heavy atom. The molecular formula is C22H17ClN2O2. The van der Waals surface area contributed by atoms with Crippen LogP contribution in [0.1, 0.15) is 15.9 Å². The van der Waals surface area contributed by atoms with Crippen molar-refractivity contribution in [3.05, 3.63) is 101 Å². The van der Waals surface area contributed by atoms with Gasteiger partial charge < -0.3 is 10.6 Å². The van der Waals surface area contributed by atoms with E-state index in [1.54, 1.807) is 66.7 Å². The van der Waals surface area contributed by atoms with E-state index in [9.17, 15) is 9.59 Å². The minimum atomic E-state index is -0.267. The Morgan fingerprint density at radius 3 is 2.15 bits per heavy atom. The van der Waals surface area contributed by atoms with Crippen LogP contribution in [0.25, 0.3) is 6.08 Å². The average molecular weight is 377 g/mol. The summed E-state index contributed by atoms with van der Waals surface area (Å²) in [6, 6.07) is 23.1. The number of nitrogens with one attached hydrogen (secondary N) is 2. The quantitative estimate of drug-likeness (QED) is 0.598. The fourth-order valence-electron chi connectivity index (χ4n) is 2.40. The Balaban J connectivity index is 1.62.